The van der Waals surface area contributed by atoms with E-state index in [1.807, 2.05) is 32.1 Å². The first-order valence-electron chi connectivity index (χ1n) is 23.2. The first-order chi connectivity index (χ1) is 30.0. The summed E-state index contributed by atoms with van der Waals surface area (Å²) in [6.07, 6.45) is 10.1. The second-order valence-corrected chi connectivity index (χ2v) is 19.2. The van der Waals surface area contributed by atoms with Gasteiger partial charge in [-0.2, -0.15) is 0 Å². The number of methoxy groups -OCH3 is 3. The summed E-state index contributed by atoms with van der Waals surface area (Å²) in [6, 6.07) is 0. The lowest BCUT2D eigenvalue weighted by molar-refractivity contribution is -0.319. The van der Waals surface area contributed by atoms with E-state index in [0.29, 0.717) is 43.3 Å². The maximum atomic E-state index is 14.4. The average Bonchev–Trinajstić information content (AvgIpc) is 3.60. The molecule has 354 valence electrons. The van der Waals surface area contributed by atoms with Gasteiger partial charge in [0, 0.05) is 58.8 Å². The molecule has 4 saturated heterocycles. The Morgan fingerprint density at radius 3 is 2.22 bits per heavy atom. The zero-order chi connectivity index (χ0) is 45.4. The van der Waals surface area contributed by atoms with Crippen molar-refractivity contribution < 1.29 is 67.1 Å². The topological polar surface area (TPSA) is 159 Å². The molecule has 7 aliphatic rings. The van der Waals surface area contributed by atoms with Gasteiger partial charge in [-0.05, 0) is 62.8 Å². The molecule has 2 bridgehead atoms. The Labute approximate surface area is 374 Å². The van der Waals surface area contributed by atoms with E-state index < -0.39 is 72.5 Å². The number of esters is 1. The van der Waals surface area contributed by atoms with Crippen molar-refractivity contribution in [3.05, 3.63) is 59.3 Å². The summed E-state index contributed by atoms with van der Waals surface area (Å²) in [6.45, 7) is 16.3. The lowest BCUT2D eigenvalue weighted by Gasteiger charge is -2.48. The maximum absolute atomic E-state index is 14.4. The first-order valence-corrected chi connectivity index (χ1v) is 23.2. The van der Waals surface area contributed by atoms with Crippen molar-refractivity contribution in [2.45, 2.75) is 191 Å². The van der Waals surface area contributed by atoms with E-state index in [2.05, 4.69) is 46.8 Å². The molecule has 0 radical (unpaired) electrons. The summed E-state index contributed by atoms with van der Waals surface area (Å²) in [4.78, 5) is 14.4. The monoisotopic (exact) mass is 887 g/mol. The van der Waals surface area contributed by atoms with Crippen molar-refractivity contribution in [3.8, 4) is 0 Å². The highest BCUT2D eigenvalue weighted by molar-refractivity contribution is 5.78. The van der Waals surface area contributed by atoms with Gasteiger partial charge in [0.1, 0.15) is 42.0 Å². The third-order valence-electron chi connectivity index (χ3n) is 14.7. The van der Waals surface area contributed by atoms with Gasteiger partial charge >= 0.3 is 5.97 Å². The third-order valence-corrected chi connectivity index (χ3v) is 14.7. The number of hydrogen-bond donors (Lipinski definition) is 2. The maximum Gasteiger partial charge on any atom is 0.316 e. The third kappa shape index (κ3) is 10.0. The Bertz CT molecular complexity index is 1740. The highest BCUT2D eigenvalue weighted by Gasteiger charge is 2.60. The van der Waals surface area contributed by atoms with Crippen molar-refractivity contribution >= 4 is 5.97 Å². The van der Waals surface area contributed by atoms with Crippen molar-refractivity contribution in [1.82, 2.24) is 0 Å². The number of carbonyl (C=O) groups is 1. The van der Waals surface area contributed by atoms with Crippen LogP contribution in [-0.4, -0.2) is 141 Å². The van der Waals surface area contributed by atoms with Gasteiger partial charge in [0.2, 0.25) is 0 Å². The molecule has 6 heterocycles. The van der Waals surface area contributed by atoms with Gasteiger partial charge in [-0.1, -0.05) is 70.6 Å². The highest BCUT2D eigenvalue weighted by Crippen LogP contribution is 2.47. The number of aliphatic hydroxyl groups is 2. The molecule has 7 rings (SSSR count). The summed E-state index contributed by atoms with van der Waals surface area (Å²) in [5.41, 5.74) is 0.165. The van der Waals surface area contributed by atoms with Crippen LogP contribution < -0.4 is 0 Å². The van der Waals surface area contributed by atoms with Crippen molar-refractivity contribution in [3.63, 3.8) is 0 Å². The molecule has 14 heteroatoms. The van der Waals surface area contributed by atoms with Crippen LogP contribution in [0.5, 0.6) is 0 Å². The van der Waals surface area contributed by atoms with E-state index in [9.17, 15) is 15.0 Å². The smallest absolute Gasteiger partial charge is 0.316 e. The van der Waals surface area contributed by atoms with E-state index in [0.717, 1.165) is 12.0 Å². The van der Waals surface area contributed by atoms with Crippen LogP contribution in [0.15, 0.2) is 59.3 Å². The van der Waals surface area contributed by atoms with Gasteiger partial charge < -0.3 is 62.3 Å². The van der Waals surface area contributed by atoms with Crippen LogP contribution in [0, 0.1) is 23.7 Å². The van der Waals surface area contributed by atoms with Crippen LogP contribution in [0.2, 0.25) is 0 Å². The largest absolute Gasteiger partial charge is 0.462 e. The molecular weight excluding hydrogens is 813 g/mol. The van der Waals surface area contributed by atoms with Gasteiger partial charge in [-0.15, -0.1) is 0 Å². The molecule has 0 aromatic heterocycles. The lowest BCUT2D eigenvalue weighted by Crippen LogP contribution is -2.58. The lowest BCUT2D eigenvalue weighted by atomic mass is 9.71. The van der Waals surface area contributed by atoms with Crippen LogP contribution in [0.4, 0.5) is 0 Å². The zero-order valence-corrected chi connectivity index (χ0v) is 39.2. The Morgan fingerprint density at radius 2 is 1.54 bits per heavy atom. The van der Waals surface area contributed by atoms with Gasteiger partial charge in [-0.3, -0.25) is 4.79 Å². The molecule has 6 aliphatic heterocycles. The molecule has 1 aliphatic carbocycles. The van der Waals surface area contributed by atoms with Crippen LogP contribution in [0.3, 0.4) is 0 Å². The van der Waals surface area contributed by atoms with E-state index in [1.54, 1.807) is 40.4 Å². The van der Waals surface area contributed by atoms with Crippen molar-refractivity contribution in [2.24, 2.45) is 23.7 Å². The number of allylic oxidation sites excluding steroid dienone is 2. The van der Waals surface area contributed by atoms with Crippen molar-refractivity contribution in [1.29, 1.82) is 0 Å². The molecule has 2 N–H and O–H groups in total. The Morgan fingerprint density at radius 1 is 0.857 bits per heavy atom. The molecular formula is C49H74O14. The summed E-state index contributed by atoms with van der Waals surface area (Å²) < 4.78 is 70.0. The number of hydrogen-bond acceptors (Lipinski definition) is 14. The molecule has 20 atom stereocenters. The minimum absolute atomic E-state index is 0.0380. The van der Waals surface area contributed by atoms with E-state index in [1.165, 1.54) is 0 Å². The molecule has 2 unspecified atom stereocenters. The predicted molar refractivity (Wildman–Crippen MR) is 232 cm³/mol. The zero-order valence-electron chi connectivity index (χ0n) is 39.2. The SMILES string of the molecule is CC[C@H](C)[C@H]1O[C@]2(C=C[C@@H]1C)C[C@@H]1C[C@@H](C/C=C(\C)C(O[C@H]3C[C@H](OC)C(O[C@H]4C[C@H](OC)[C@@H](OC)[C@H](C)O4)[C@H](C)O3)[C@@H](C)/C=C/C=C3\CO[C@@H]4[C@H](O)C(C)=C[C@@H](C(=O)O1)[C@]34O)O2. The van der Waals surface area contributed by atoms with E-state index in [4.69, 9.17) is 52.1 Å². The normalized spacial score (nSPS) is 48.6. The van der Waals surface area contributed by atoms with Crippen LogP contribution >= 0.6 is 0 Å². The summed E-state index contributed by atoms with van der Waals surface area (Å²) in [5, 5.41) is 23.7. The summed E-state index contributed by atoms with van der Waals surface area (Å²) >= 11 is 0. The number of carbonyl (C=O) groups excluding carboxylic acids is 1. The van der Waals surface area contributed by atoms with Crippen LogP contribution in [0.25, 0.3) is 0 Å². The predicted octanol–water partition coefficient (Wildman–Crippen LogP) is 6.03. The summed E-state index contributed by atoms with van der Waals surface area (Å²) in [7, 11) is 5.00. The molecule has 0 amide bonds. The van der Waals surface area contributed by atoms with Crippen LogP contribution in [0.1, 0.15) is 93.9 Å². The standard InChI is InChI=1S/C49H74O14/c1-12-26(2)43-29(5)18-19-48(63-43)24-35-21-34(62-48)17-16-28(4)42(27(3)14-13-15-33-25-56-46-41(50)30(6)20-36(47(51)59-35)49(33,46)52)60-39-23-38(54-10)45(32(8)58-39)61-40-22-37(53-9)44(55-11)31(7)57-40/h13-16,18-20,26-27,29,31-32,34-46,50,52H,12,17,21-25H2,1-11H3/b14-13+,28-16+,33-15+/t26-,27-,29-,31-,32-,34+,35-,36-,37-,38-,39-,40-,41+,42?,43+,44-,45?,46+,48+,49+/m0/s1. The fourth-order valence-electron chi connectivity index (χ4n) is 10.9. The molecule has 0 aromatic carbocycles. The fourth-order valence-corrected chi connectivity index (χ4v) is 10.9. The van der Waals surface area contributed by atoms with E-state index >= 15 is 0 Å². The first kappa shape index (κ1) is 48.6. The molecule has 1 spiro atoms. The Hall–Kier alpha value is -2.31. The van der Waals surface area contributed by atoms with Gasteiger partial charge in [-0.25, -0.2) is 0 Å². The minimum Gasteiger partial charge on any atom is -0.462 e. The molecule has 4 fully saturated rings. The fraction of sp³-hybridized carbons (Fsp3) is 0.776. The quantitative estimate of drug-likeness (QED) is 0.204. The molecule has 0 saturated carbocycles. The second-order valence-electron chi connectivity index (χ2n) is 19.2. The van der Waals surface area contributed by atoms with Gasteiger partial charge in [0.05, 0.1) is 49.3 Å². The second kappa shape index (κ2) is 20.3. The number of ether oxygens (including phenoxy) is 11. The number of rotatable bonds is 9. The van der Waals surface area contributed by atoms with Gasteiger partial charge in [0.25, 0.3) is 0 Å². The van der Waals surface area contributed by atoms with E-state index in [-0.39, 0.29) is 61.0 Å². The molecule has 63 heavy (non-hydrogen) atoms. The summed E-state index contributed by atoms with van der Waals surface area (Å²) in [5.74, 6) is -2.53. The van der Waals surface area contributed by atoms with Gasteiger partial charge in [0.15, 0.2) is 18.4 Å². The van der Waals surface area contributed by atoms with Crippen LogP contribution in [-0.2, 0) is 56.9 Å². The Balaban J connectivity index is 1.18. The average molecular weight is 887 g/mol. The molecule has 14 nitrogen and oxygen atoms in total. The van der Waals surface area contributed by atoms with Crippen molar-refractivity contribution in [2.75, 3.05) is 27.9 Å². The Kier molecular flexibility index (Phi) is 15.7. The highest BCUT2D eigenvalue weighted by atomic mass is 16.7. The number of aliphatic hydroxyl groups excluding tert-OH is 1. The number of fused-ring (bicyclic) bond motifs is 2. The molecule has 0 aromatic rings. The minimum atomic E-state index is -1.83.